The minimum atomic E-state index is -0.333. The third kappa shape index (κ3) is 4.19. The molecule has 0 radical (unpaired) electrons. The van der Waals surface area contributed by atoms with Crippen molar-refractivity contribution in [3.8, 4) is 5.75 Å². The van der Waals surface area contributed by atoms with Gasteiger partial charge in [0, 0.05) is 11.5 Å². The summed E-state index contributed by atoms with van der Waals surface area (Å²) in [7, 11) is 1.60. The number of methoxy groups -OCH3 is 1. The van der Waals surface area contributed by atoms with Crippen LogP contribution < -0.4 is 4.74 Å². The van der Waals surface area contributed by atoms with Gasteiger partial charge in [0.2, 0.25) is 0 Å². The number of nitrogens with zero attached hydrogens (tertiary/aromatic N) is 1. The minimum Gasteiger partial charge on any atom is -0.497 e. The van der Waals surface area contributed by atoms with E-state index in [0.29, 0.717) is 37.4 Å². The Labute approximate surface area is 176 Å². The minimum absolute atomic E-state index is 0.112. The number of ketones is 1. The Morgan fingerprint density at radius 3 is 2.43 bits per heavy atom. The molecule has 2 saturated heterocycles. The molecule has 6 heteroatoms. The molecule has 2 heterocycles. The fourth-order valence-electron chi connectivity index (χ4n) is 4.43. The quantitative estimate of drug-likeness (QED) is 0.699. The SMILES string of the molecule is COc1ccc(C)c(C(=O)C2CC3COCC(C2)N3C(=O)OCc2ccccc2)c1. The van der Waals surface area contributed by atoms with Crippen molar-refractivity contribution in [2.75, 3.05) is 20.3 Å². The van der Waals surface area contributed by atoms with Crippen LogP contribution in [0.15, 0.2) is 48.5 Å². The first-order valence-electron chi connectivity index (χ1n) is 10.3. The Bertz CT molecular complexity index is 899. The van der Waals surface area contributed by atoms with Gasteiger partial charge in [-0.1, -0.05) is 36.4 Å². The number of benzene rings is 2. The number of Topliss-reactive ketones (excluding diaryl/α,β-unsaturated/α-hetero) is 1. The highest BCUT2D eigenvalue weighted by Gasteiger charge is 2.44. The Morgan fingerprint density at radius 1 is 1.07 bits per heavy atom. The topological polar surface area (TPSA) is 65.1 Å². The predicted molar refractivity (Wildman–Crippen MR) is 112 cm³/mol. The summed E-state index contributed by atoms with van der Waals surface area (Å²) in [6.45, 7) is 3.03. The number of fused-ring (bicyclic) bond motifs is 2. The molecule has 0 aromatic heterocycles. The van der Waals surface area contributed by atoms with Crippen molar-refractivity contribution in [3.05, 3.63) is 65.2 Å². The first-order valence-corrected chi connectivity index (χ1v) is 10.3. The van der Waals surface area contributed by atoms with Crippen molar-refractivity contribution >= 4 is 11.9 Å². The molecule has 0 saturated carbocycles. The molecule has 0 N–H and O–H groups in total. The average molecular weight is 409 g/mol. The third-order valence-corrected chi connectivity index (χ3v) is 6.02. The Balaban J connectivity index is 1.45. The molecule has 2 unspecified atom stereocenters. The summed E-state index contributed by atoms with van der Waals surface area (Å²) in [5, 5.41) is 0. The molecule has 158 valence electrons. The van der Waals surface area contributed by atoms with Gasteiger partial charge in [-0.3, -0.25) is 9.69 Å². The van der Waals surface area contributed by atoms with Crippen molar-refractivity contribution in [2.24, 2.45) is 5.92 Å². The van der Waals surface area contributed by atoms with Crippen LogP contribution >= 0.6 is 0 Å². The lowest BCUT2D eigenvalue weighted by molar-refractivity contribution is -0.0755. The van der Waals surface area contributed by atoms with Crippen LogP contribution in [0.25, 0.3) is 0 Å². The van der Waals surface area contributed by atoms with Gasteiger partial charge in [0.25, 0.3) is 0 Å². The van der Waals surface area contributed by atoms with E-state index in [9.17, 15) is 9.59 Å². The molecule has 2 fully saturated rings. The second kappa shape index (κ2) is 8.88. The van der Waals surface area contributed by atoms with E-state index in [1.165, 1.54) is 0 Å². The summed E-state index contributed by atoms with van der Waals surface area (Å²) in [5.74, 6) is 0.642. The van der Waals surface area contributed by atoms with Crippen LogP contribution in [0.5, 0.6) is 5.75 Å². The number of carbonyl (C=O) groups excluding carboxylic acids is 2. The van der Waals surface area contributed by atoms with Crippen molar-refractivity contribution in [2.45, 2.75) is 38.5 Å². The number of ether oxygens (including phenoxy) is 3. The lowest BCUT2D eigenvalue weighted by atomic mass is 9.80. The van der Waals surface area contributed by atoms with Gasteiger partial charge < -0.3 is 14.2 Å². The van der Waals surface area contributed by atoms with Gasteiger partial charge in [-0.05, 0) is 43.0 Å². The Hall–Kier alpha value is -2.86. The molecule has 2 atom stereocenters. The molecule has 4 rings (SSSR count). The highest BCUT2D eigenvalue weighted by Crippen LogP contribution is 2.35. The van der Waals surface area contributed by atoms with E-state index in [0.717, 1.165) is 11.1 Å². The zero-order valence-corrected chi connectivity index (χ0v) is 17.4. The van der Waals surface area contributed by atoms with Crippen LogP contribution in [0.4, 0.5) is 4.79 Å². The lowest BCUT2D eigenvalue weighted by Gasteiger charge is -2.47. The number of morpholine rings is 1. The fourth-order valence-corrected chi connectivity index (χ4v) is 4.43. The number of hydrogen-bond acceptors (Lipinski definition) is 5. The van der Waals surface area contributed by atoms with Gasteiger partial charge in [0.15, 0.2) is 5.78 Å². The van der Waals surface area contributed by atoms with Crippen LogP contribution in [0.2, 0.25) is 0 Å². The normalized spacial score (nSPS) is 23.0. The fraction of sp³-hybridized carbons (Fsp3) is 0.417. The monoisotopic (exact) mass is 409 g/mol. The second-order valence-corrected chi connectivity index (χ2v) is 8.01. The van der Waals surface area contributed by atoms with E-state index in [1.54, 1.807) is 12.0 Å². The molecule has 0 spiro atoms. The summed E-state index contributed by atoms with van der Waals surface area (Å²) < 4.78 is 16.5. The molecular formula is C24H27NO5. The molecule has 2 aliphatic heterocycles. The predicted octanol–water partition coefficient (Wildman–Crippen LogP) is 4.00. The van der Waals surface area contributed by atoms with Gasteiger partial charge in [-0.15, -0.1) is 0 Å². The number of carbonyl (C=O) groups is 2. The van der Waals surface area contributed by atoms with E-state index >= 15 is 0 Å². The van der Waals surface area contributed by atoms with Crippen LogP contribution in [0, 0.1) is 12.8 Å². The number of hydrogen-bond donors (Lipinski definition) is 0. The van der Waals surface area contributed by atoms with Gasteiger partial charge in [-0.2, -0.15) is 0 Å². The van der Waals surface area contributed by atoms with Crippen LogP contribution in [0.3, 0.4) is 0 Å². The Morgan fingerprint density at radius 2 is 1.77 bits per heavy atom. The maximum absolute atomic E-state index is 13.3. The first kappa shape index (κ1) is 20.4. The zero-order valence-electron chi connectivity index (χ0n) is 17.4. The third-order valence-electron chi connectivity index (χ3n) is 6.02. The average Bonchev–Trinajstić information content (AvgIpc) is 2.77. The van der Waals surface area contributed by atoms with Crippen LogP contribution in [0.1, 0.15) is 34.3 Å². The molecule has 30 heavy (non-hydrogen) atoms. The summed E-state index contributed by atoms with van der Waals surface area (Å²) in [4.78, 5) is 27.9. The highest BCUT2D eigenvalue weighted by atomic mass is 16.6. The number of amides is 1. The standard InChI is InChI=1S/C24H27NO5/c1-16-8-9-21(28-2)12-22(16)23(26)18-10-19-14-29-15-20(11-18)25(19)24(27)30-13-17-6-4-3-5-7-17/h3-9,12,18-20H,10-11,13-15H2,1-2H3. The maximum Gasteiger partial charge on any atom is 0.410 e. The molecule has 6 nitrogen and oxygen atoms in total. The first-order chi connectivity index (χ1) is 14.6. The lowest BCUT2D eigenvalue weighted by Crippen LogP contribution is -2.59. The summed E-state index contributed by atoms with van der Waals surface area (Å²) in [5.41, 5.74) is 2.58. The number of piperidine rings is 1. The number of aryl methyl sites for hydroxylation is 1. The van der Waals surface area contributed by atoms with E-state index < -0.39 is 0 Å². The maximum atomic E-state index is 13.3. The van der Waals surface area contributed by atoms with Crippen molar-refractivity contribution < 1.29 is 23.8 Å². The van der Waals surface area contributed by atoms with Crippen LogP contribution in [-0.4, -0.2) is 49.2 Å². The van der Waals surface area contributed by atoms with E-state index in [2.05, 4.69) is 0 Å². The molecule has 2 aromatic carbocycles. The molecule has 2 aliphatic rings. The van der Waals surface area contributed by atoms with Crippen LogP contribution in [-0.2, 0) is 16.1 Å². The van der Waals surface area contributed by atoms with Crippen molar-refractivity contribution in [1.82, 2.24) is 4.90 Å². The molecule has 1 amide bonds. The van der Waals surface area contributed by atoms with Crippen molar-refractivity contribution in [3.63, 3.8) is 0 Å². The second-order valence-electron chi connectivity index (χ2n) is 8.01. The summed E-state index contributed by atoms with van der Waals surface area (Å²) in [6, 6.07) is 14.9. The largest absolute Gasteiger partial charge is 0.497 e. The van der Waals surface area contributed by atoms with E-state index in [1.807, 2.05) is 55.5 Å². The Kier molecular flexibility index (Phi) is 6.04. The smallest absolute Gasteiger partial charge is 0.410 e. The van der Waals surface area contributed by atoms with Gasteiger partial charge in [0.05, 0.1) is 32.4 Å². The van der Waals surface area contributed by atoms with Gasteiger partial charge in [0.1, 0.15) is 12.4 Å². The highest BCUT2D eigenvalue weighted by molar-refractivity contribution is 5.99. The molecule has 2 aromatic rings. The number of rotatable bonds is 5. The van der Waals surface area contributed by atoms with Gasteiger partial charge >= 0.3 is 6.09 Å². The van der Waals surface area contributed by atoms with Crippen molar-refractivity contribution in [1.29, 1.82) is 0 Å². The summed E-state index contributed by atoms with van der Waals surface area (Å²) in [6.07, 6.45) is 0.819. The zero-order chi connectivity index (χ0) is 21.1. The van der Waals surface area contributed by atoms with E-state index in [4.69, 9.17) is 14.2 Å². The van der Waals surface area contributed by atoms with Gasteiger partial charge in [-0.25, -0.2) is 4.79 Å². The van der Waals surface area contributed by atoms with E-state index in [-0.39, 0.29) is 36.5 Å². The molecule has 2 bridgehead atoms. The molecule has 0 aliphatic carbocycles. The molecular weight excluding hydrogens is 382 g/mol. The summed E-state index contributed by atoms with van der Waals surface area (Å²) >= 11 is 0.